The molecule has 0 aliphatic carbocycles. The van der Waals surface area contributed by atoms with Gasteiger partial charge in [0.05, 0.1) is 0 Å². The molecule has 0 radical (unpaired) electrons. The van der Waals surface area contributed by atoms with E-state index in [9.17, 15) is 0 Å². The van der Waals surface area contributed by atoms with Gasteiger partial charge in [0.2, 0.25) is 0 Å². The predicted octanol–water partition coefficient (Wildman–Crippen LogP) is 2.22. The molecule has 0 aromatic carbocycles. The number of hydrogen-bond acceptors (Lipinski definition) is 4. The van der Waals surface area contributed by atoms with Gasteiger partial charge in [-0.3, -0.25) is 0 Å². The molecule has 0 atom stereocenters. The molecule has 0 aliphatic heterocycles. The van der Waals surface area contributed by atoms with E-state index in [1.54, 1.807) is 11.8 Å². The Labute approximate surface area is 96.3 Å². The minimum Gasteiger partial charge on any atom is -0.303 e. The number of thioether (sulfide) groups is 1. The molecule has 84 valence electrons. The van der Waals surface area contributed by atoms with Crippen molar-refractivity contribution in [3.63, 3.8) is 0 Å². The number of nitrogens with zero attached hydrogens (tertiary/aromatic N) is 3. The maximum atomic E-state index is 4.36. The van der Waals surface area contributed by atoms with E-state index in [2.05, 4.69) is 28.7 Å². The van der Waals surface area contributed by atoms with Crippen molar-refractivity contribution in [3.8, 4) is 0 Å². The van der Waals surface area contributed by atoms with Crippen LogP contribution < -0.4 is 0 Å². The fourth-order valence-corrected chi connectivity index (χ4v) is 2.18. The molecule has 1 rings (SSSR count). The monoisotopic (exact) mass is 225 g/mol. The molecule has 0 bridgehead atoms. The summed E-state index contributed by atoms with van der Waals surface area (Å²) in [5, 5.41) is 0.891. The Morgan fingerprint density at radius 2 is 2.07 bits per heavy atom. The van der Waals surface area contributed by atoms with Crippen molar-refractivity contribution >= 4 is 11.8 Å². The van der Waals surface area contributed by atoms with Crippen LogP contribution in [0, 0.1) is 6.92 Å². The number of rotatable bonds is 6. The highest BCUT2D eigenvalue weighted by Gasteiger charge is 2.01. The zero-order valence-electron chi connectivity index (χ0n) is 9.73. The van der Waals surface area contributed by atoms with E-state index < -0.39 is 0 Å². The zero-order chi connectivity index (χ0) is 11.1. The van der Waals surface area contributed by atoms with Crippen molar-refractivity contribution < 1.29 is 0 Å². The highest BCUT2D eigenvalue weighted by atomic mass is 32.2. The minimum atomic E-state index is 0.891. The Kier molecular flexibility index (Phi) is 5.65. The molecule has 0 aliphatic rings. The molecule has 1 heterocycles. The smallest absolute Gasteiger partial charge is 0.187 e. The van der Waals surface area contributed by atoms with Crippen LogP contribution in [0.25, 0.3) is 0 Å². The van der Waals surface area contributed by atoms with Crippen LogP contribution in [0.5, 0.6) is 0 Å². The normalized spacial score (nSPS) is 10.9. The Morgan fingerprint density at radius 3 is 2.67 bits per heavy atom. The van der Waals surface area contributed by atoms with Crippen LogP contribution in [-0.2, 0) is 0 Å². The largest absolute Gasteiger partial charge is 0.303 e. The molecule has 15 heavy (non-hydrogen) atoms. The van der Waals surface area contributed by atoms with Crippen molar-refractivity contribution in [3.05, 3.63) is 18.0 Å². The second-order valence-corrected chi connectivity index (χ2v) is 4.42. The fraction of sp³-hybridized carbons (Fsp3) is 0.636. The molecule has 0 unspecified atom stereocenters. The summed E-state index contributed by atoms with van der Waals surface area (Å²) in [4.78, 5) is 11.0. The summed E-state index contributed by atoms with van der Waals surface area (Å²) in [7, 11) is 0. The molecular weight excluding hydrogens is 206 g/mol. The molecule has 0 saturated carbocycles. The zero-order valence-corrected chi connectivity index (χ0v) is 10.5. The molecule has 4 heteroatoms. The van der Waals surface area contributed by atoms with Crippen LogP contribution in [-0.4, -0.2) is 40.3 Å². The first kappa shape index (κ1) is 12.5. The highest BCUT2D eigenvalue weighted by molar-refractivity contribution is 7.99. The van der Waals surface area contributed by atoms with Gasteiger partial charge in [0.15, 0.2) is 5.16 Å². The van der Waals surface area contributed by atoms with Crippen LogP contribution in [0.1, 0.15) is 19.5 Å². The molecule has 1 aromatic rings. The van der Waals surface area contributed by atoms with Gasteiger partial charge < -0.3 is 4.90 Å². The summed E-state index contributed by atoms with van der Waals surface area (Å²) >= 11 is 1.73. The predicted molar refractivity (Wildman–Crippen MR) is 65.3 cm³/mol. The third-order valence-corrected chi connectivity index (χ3v) is 3.15. The summed E-state index contributed by atoms with van der Waals surface area (Å²) < 4.78 is 0. The van der Waals surface area contributed by atoms with Gasteiger partial charge in [-0.2, -0.15) is 0 Å². The third-order valence-electron chi connectivity index (χ3n) is 2.31. The molecule has 0 spiro atoms. The van der Waals surface area contributed by atoms with E-state index in [0.717, 1.165) is 36.2 Å². The van der Waals surface area contributed by atoms with Crippen molar-refractivity contribution in [2.75, 3.05) is 25.4 Å². The first-order valence-corrected chi connectivity index (χ1v) is 6.39. The van der Waals surface area contributed by atoms with Crippen LogP contribution >= 0.6 is 11.8 Å². The SMILES string of the molecule is CCN(CC)CCSc1nccc(C)n1. The summed E-state index contributed by atoms with van der Waals surface area (Å²) in [6, 6.07) is 1.93. The quantitative estimate of drug-likeness (QED) is 0.548. The van der Waals surface area contributed by atoms with Gasteiger partial charge in [-0.25, -0.2) is 9.97 Å². The van der Waals surface area contributed by atoms with Crippen LogP contribution in [0.2, 0.25) is 0 Å². The first-order valence-electron chi connectivity index (χ1n) is 5.41. The molecule has 0 fully saturated rings. The minimum absolute atomic E-state index is 0.891. The third kappa shape index (κ3) is 4.62. The summed E-state index contributed by atoms with van der Waals surface area (Å²) in [5.41, 5.74) is 1.04. The topological polar surface area (TPSA) is 29.0 Å². The van der Waals surface area contributed by atoms with E-state index in [0.29, 0.717) is 0 Å². The van der Waals surface area contributed by atoms with Gasteiger partial charge in [-0.1, -0.05) is 25.6 Å². The molecule has 1 aromatic heterocycles. The molecule has 0 N–H and O–H groups in total. The van der Waals surface area contributed by atoms with E-state index in [1.165, 1.54) is 0 Å². The van der Waals surface area contributed by atoms with Crippen molar-refractivity contribution in [1.29, 1.82) is 0 Å². The van der Waals surface area contributed by atoms with Gasteiger partial charge in [0.25, 0.3) is 0 Å². The molecule has 3 nitrogen and oxygen atoms in total. The maximum Gasteiger partial charge on any atom is 0.187 e. The average molecular weight is 225 g/mol. The maximum absolute atomic E-state index is 4.36. The Bertz CT molecular complexity index is 287. The number of hydrogen-bond donors (Lipinski definition) is 0. The van der Waals surface area contributed by atoms with Crippen molar-refractivity contribution in [2.45, 2.75) is 25.9 Å². The van der Waals surface area contributed by atoms with Crippen LogP contribution in [0.4, 0.5) is 0 Å². The van der Waals surface area contributed by atoms with E-state index in [-0.39, 0.29) is 0 Å². The molecule has 0 amide bonds. The van der Waals surface area contributed by atoms with Crippen molar-refractivity contribution in [1.82, 2.24) is 14.9 Å². The molecular formula is C11H19N3S. The van der Waals surface area contributed by atoms with E-state index in [1.807, 2.05) is 19.2 Å². The summed E-state index contributed by atoms with van der Waals surface area (Å²) in [6.07, 6.45) is 1.82. The standard InChI is InChI=1S/C11H19N3S/c1-4-14(5-2)8-9-15-11-12-7-6-10(3)13-11/h6-7H,4-5,8-9H2,1-3H3. The second-order valence-electron chi connectivity index (χ2n) is 3.36. The van der Waals surface area contributed by atoms with Gasteiger partial charge in [0.1, 0.15) is 0 Å². The molecule has 0 saturated heterocycles. The van der Waals surface area contributed by atoms with E-state index in [4.69, 9.17) is 0 Å². The lowest BCUT2D eigenvalue weighted by molar-refractivity contribution is 0.324. The first-order chi connectivity index (χ1) is 7.26. The van der Waals surface area contributed by atoms with Gasteiger partial charge in [-0.15, -0.1) is 0 Å². The summed E-state index contributed by atoms with van der Waals surface area (Å²) in [5.74, 6) is 1.06. The fourth-order valence-electron chi connectivity index (χ4n) is 1.30. The Hall–Kier alpha value is -0.610. The van der Waals surface area contributed by atoms with Gasteiger partial charge in [0, 0.05) is 24.2 Å². The average Bonchev–Trinajstić information content (AvgIpc) is 2.25. The lowest BCUT2D eigenvalue weighted by Gasteiger charge is -2.16. The summed E-state index contributed by atoms with van der Waals surface area (Å²) in [6.45, 7) is 9.72. The lowest BCUT2D eigenvalue weighted by atomic mass is 10.5. The lowest BCUT2D eigenvalue weighted by Crippen LogP contribution is -2.25. The van der Waals surface area contributed by atoms with Gasteiger partial charge in [-0.05, 0) is 26.1 Å². The Balaban J connectivity index is 2.31. The number of aromatic nitrogens is 2. The Morgan fingerprint density at radius 1 is 1.33 bits per heavy atom. The van der Waals surface area contributed by atoms with Crippen LogP contribution in [0.3, 0.4) is 0 Å². The van der Waals surface area contributed by atoms with Gasteiger partial charge >= 0.3 is 0 Å². The second kappa shape index (κ2) is 6.80. The van der Waals surface area contributed by atoms with Crippen LogP contribution in [0.15, 0.2) is 17.4 Å². The van der Waals surface area contributed by atoms with E-state index >= 15 is 0 Å². The number of aryl methyl sites for hydroxylation is 1. The van der Waals surface area contributed by atoms with Crippen molar-refractivity contribution in [2.24, 2.45) is 0 Å². The highest BCUT2D eigenvalue weighted by Crippen LogP contribution is 2.12.